The van der Waals surface area contributed by atoms with Gasteiger partial charge in [0.15, 0.2) is 23.1 Å². The number of carboxylic acid groups (broad SMARTS) is 1. The third kappa shape index (κ3) is 1.92. The van der Waals surface area contributed by atoms with Crippen molar-refractivity contribution in [3.05, 3.63) is 23.3 Å². The fourth-order valence-electron chi connectivity index (χ4n) is 3.19. The van der Waals surface area contributed by atoms with Crippen LogP contribution >= 0.6 is 11.8 Å². The maximum atomic E-state index is 14.4. The molecule has 1 aromatic rings. The molecule has 4 atom stereocenters. The minimum Gasteiger partial charge on any atom is -0.502 e. The van der Waals surface area contributed by atoms with Gasteiger partial charge in [-0.3, -0.25) is 9.59 Å². The van der Waals surface area contributed by atoms with Gasteiger partial charge in [0.1, 0.15) is 16.8 Å². The summed E-state index contributed by atoms with van der Waals surface area (Å²) in [6.45, 7) is 1.10. The van der Waals surface area contributed by atoms with Gasteiger partial charge in [-0.05, 0) is 6.07 Å². The molecule has 2 heterocycles. The van der Waals surface area contributed by atoms with Crippen molar-refractivity contribution in [3.8, 4) is 11.5 Å². The number of carbonyl (C=O) groups is 2. The minimum atomic E-state index is -1.99. The predicted octanol–water partition coefficient (Wildman–Crippen LogP) is 0.329. The lowest BCUT2D eigenvalue weighted by molar-refractivity contribution is -0.153. The summed E-state index contributed by atoms with van der Waals surface area (Å²) in [6.07, 6.45) is 0. The van der Waals surface area contributed by atoms with E-state index in [2.05, 4.69) is 0 Å². The van der Waals surface area contributed by atoms with Gasteiger partial charge in [-0.15, -0.1) is 11.8 Å². The SMILES string of the molecule is CC1S[C@@H]2C(N)C(=O)N2CC1(C(=O)O)c1cc(F)c(O)c(O)c1F. The molecule has 2 aliphatic rings. The van der Waals surface area contributed by atoms with Crippen LogP contribution in [0, 0.1) is 11.6 Å². The molecule has 10 heteroatoms. The zero-order chi connectivity index (χ0) is 18.0. The number of carbonyl (C=O) groups excluding carboxylic acids is 1. The molecule has 1 aromatic carbocycles. The molecule has 1 amide bonds. The van der Waals surface area contributed by atoms with Gasteiger partial charge in [-0.25, -0.2) is 8.78 Å². The fourth-order valence-corrected chi connectivity index (χ4v) is 4.75. The number of aromatic hydroxyl groups is 2. The number of rotatable bonds is 2. The topological polar surface area (TPSA) is 124 Å². The highest BCUT2D eigenvalue weighted by Crippen LogP contribution is 2.50. The maximum Gasteiger partial charge on any atom is 0.317 e. The van der Waals surface area contributed by atoms with Crippen LogP contribution in [0.4, 0.5) is 8.78 Å². The monoisotopic (exact) mass is 360 g/mol. The van der Waals surface area contributed by atoms with E-state index in [0.717, 1.165) is 11.8 Å². The molecule has 2 saturated heterocycles. The molecular formula is C14H14F2N2O5S. The molecule has 2 fully saturated rings. The molecule has 0 spiro atoms. The van der Waals surface area contributed by atoms with Gasteiger partial charge in [-0.1, -0.05) is 6.92 Å². The number of nitrogens with zero attached hydrogens (tertiary/aromatic N) is 1. The third-order valence-corrected chi connectivity index (χ3v) is 6.31. The summed E-state index contributed by atoms with van der Waals surface area (Å²) in [5.41, 5.74) is 3.05. The highest BCUT2D eigenvalue weighted by Gasteiger charge is 2.60. The highest BCUT2D eigenvalue weighted by atomic mass is 32.2. The Morgan fingerprint density at radius 2 is 2.04 bits per heavy atom. The number of hydrogen-bond donors (Lipinski definition) is 4. The van der Waals surface area contributed by atoms with E-state index in [1.807, 2.05) is 0 Å². The van der Waals surface area contributed by atoms with Crippen LogP contribution in [-0.2, 0) is 15.0 Å². The van der Waals surface area contributed by atoms with Crippen LogP contribution in [0.3, 0.4) is 0 Å². The molecule has 0 aliphatic carbocycles. The Morgan fingerprint density at radius 1 is 1.42 bits per heavy atom. The van der Waals surface area contributed by atoms with Crippen molar-refractivity contribution in [2.75, 3.05) is 6.54 Å². The Balaban J connectivity index is 2.18. The summed E-state index contributed by atoms with van der Waals surface area (Å²) < 4.78 is 28.2. The molecule has 0 radical (unpaired) electrons. The number of carboxylic acids is 1. The van der Waals surface area contributed by atoms with Crippen LogP contribution < -0.4 is 5.73 Å². The van der Waals surface area contributed by atoms with Crippen LogP contribution in [0.1, 0.15) is 12.5 Å². The van der Waals surface area contributed by atoms with Crippen molar-refractivity contribution >= 4 is 23.6 Å². The summed E-state index contributed by atoms with van der Waals surface area (Å²) in [6, 6.07) is -0.223. The number of halogens is 2. The third-order valence-electron chi connectivity index (χ3n) is 4.67. The number of phenols is 2. The Kier molecular flexibility index (Phi) is 3.64. The zero-order valence-electron chi connectivity index (χ0n) is 12.4. The van der Waals surface area contributed by atoms with Gasteiger partial charge >= 0.3 is 5.97 Å². The van der Waals surface area contributed by atoms with Gasteiger partial charge in [0, 0.05) is 17.4 Å². The van der Waals surface area contributed by atoms with Gasteiger partial charge < -0.3 is 26.0 Å². The van der Waals surface area contributed by atoms with E-state index in [-0.39, 0.29) is 0 Å². The van der Waals surface area contributed by atoms with Crippen molar-refractivity contribution in [2.45, 2.75) is 29.0 Å². The Hall–Kier alpha value is -2.07. The van der Waals surface area contributed by atoms with E-state index in [9.17, 15) is 33.7 Å². The normalized spacial score (nSPS) is 32.2. The molecule has 3 rings (SSSR count). The quantitative estimate of drug-likeness (QED) is 0.442. The van der Waals surface area contributed by atoms with Crippen LogP contribution in [0.5, 0.6) is 11.5 Å². The summed E-state index contributed by atoms with van der Waals surface area (Å²) in [5.74, 6) is -7.40. The second-order valence-corrected chi connectivity index (χ2v) is 7.32. The van der Waals surface area contributed by atoms with E-state index in [1.54, 1.807) is 0 Å². The molecule has 0 saturated carbocycles. The lowest BCUT2D eigenvalue weighted by Gasteiger charge is -2.55. The predicted molar refractivity (Wildman–Crippen MR) is 79.5 cm³/mol. The molecule has 2 aliphatic heterocycles. The number of phenolic OH excluding ortho intramolecular Hbond substituents is 2. The van der Waals surface area contributed by atoms with Crippen LogP contribution in [0.25, 0.3) is 0 Å². The van der Waals surface area contributed by atoms with Crippen LogP contribution in [-0.4, -0.2) is 55.3 Å². The molecule has 0 aromatic heterocycles. The molecule has 130 valence electrons. The largest absolute Gasteiger partial charge is 0.502 e. The second kappa shape index (κ2) is 5.21. The number of hydrogen-bond acceptors (Lipinski definition) is 6. The summed E-state index contributed by atoms with van der Waals surface area (Å²) in [5, 5.41) is 27.4. The number of thioether (sulfide) groups is 1. The molecule has 0 bridgehead atoms. The van der Waals surface area contributed by atoms with Gasteiger partial charge in [0.2, 0.25) is 5.91 Å². The van der Waals surface area contributed by atoms with E-state index in [1.165, 1.54) is 11.8 Å². The summed E-state index contributed by atoms with van der Waals surface area (Å²) >= 11 is 1.07. The molecule has 5 N–H and O–H groups in total. The first kappa shape index (κ1) is 16.8. The minimum absolute atomic E-state index is 0.408. The Morgan fingerprint density at radius 3 is 2.62 bits per heavy atom. The van der Waals surface area contributed by atoms with Crippen LogP contribution in [0.15, 0.2) is 6.07 Å². The Labute approximate surface area is 139 Å². The lowest BCUT2D eigenvalue weighted by Crippen LogP contribution is -2.74. The summed E-state index contributed by atoms with van der Waals surface area (Å²) in [4.78, 5) is 25.0. The Bertz CT molecular complexity index is 761. The van der Waals surface area contributed by atoms with E-state index < -0.39 is 69.2 Å². The molecule has 7 nitrogen and oxygen atoms in total. The number of benzene rings is 1. The standard InChI is InChI=1S/C14H14F2N2O5S/c1-4-14(13(22)23,3-18-11(21)8(17)12(18)24-4)5-2-6(15)9(19)10(20)7(5)16/h2,4,8,12,19-20H,3,17H2,1H3,(H,22,23)/t4?,8?,12-,14?/m1/s1. The average molecular weight is 360 g/mol. The number of amides is 1. The average Bonchev–Trinajstić information content (AvgIpc) is 2.55. The number of nitrogens with two attached hydrogens (primary N) is 1. The first-order valence-corrected chi connectivity index (χ1v) is 7.92. The molecular weight excluding hydrogens is 346 g/mol. The van der Waals surface area contributed by atoms with Crippen molar-refractivity contribution in [2.24, 2.45) is 5.73 Å². The first-order valence-electron chi connectivity index (χ1n) is 6.98. The van der Waals surface area contributed by atoms with E-state index >= 15 is 0 Å². The lowest BCUT2D eigenvalue weighted by atomic mass is 9.75. The maximum absolute atomic E-state index is 14.4. The number of fused-ring (bicyclic) bond motifs is 1. The summed E-state index contributed by atoms with van der Waals surface area (Å²) in [7, 11) is 0. The zero-order valence-corrected chi connectivity index (χ0v) is 13.2. The number of aliphatic carboxylic acids is 1. The van der Waals surface area contributed by atoms with Crippen molar-refractivity contribution in [1.29, 1.82) is 0 Å². The van der Waals surface area contributed by atoms with E-state index in [0.29, 0.717) is 6.07 Å². The van der Waals surface area contributed by atoms with Crippen LogP contribution in [0.2, 0.25) is 0 Å². The first-order chi connectivity index (χ1) is 11.1. The van der Waals surface area contributed by atoms with E-state index in [4.69, 9.17) is 5.73 Å². The highest BCUT2D eigenvalue weighted by molar-refractivity contribution is 8.00. The smallest absolute Gasteiger partial charge is 0.317 e. The van der Waals surface area contributed by atoms with Gasteiger partial charge in [0.05, 0.1) is 0 Å². The fraction of sp³-hybridized carbons (Fsp3) is 0.429. The van der Waals surface area contributed by atoms with Crippen molar-refractivity contribution in [3.63, 3.8) is 0 Å². The van der Waals surface area contributed by atoms with Gasteiger partial charge in [0.25, 0.3) is 0 Å². The molecule has 24 heavy (non-hydrogen) atoms. The van der Waals surface area contributed by atoms with Gasteiger partial charge in [-0.2, -0.15) is 0 Å². The van der Waals surface area contributed by atoms with Crippen molar-refractivity contribution < 1.29 is 33.7 Å². The molecule has 3 unspecified atom stereocenters. The second-order valence-electron chi connectivity index (χ2n) is 5.85. The number of β-lactam (4-membered cyclic amide) rings is 1. The van der Waals surface area contributed by atoms with Crippen molar-refractivity contribution in [1.82, 2.24) is 4.90 Å².